The number of hydrogen-bond donors (Lipinski definition) is 2. The molecule has 0 atom stereocenters. The number of anilines is 2. The van der Waals surface area contributed by atoms with Crippen LogP contribution in [0.15, 0.2) is 42.9 Å². The Morgan fingerprint density at radius 2 is 1.89 bits per heavy atom. The van der Waals surface area contributed by atoms with Gasteiger partial charge in [0.1, 0.15) is 35.6 Å². The first-order valence-electron chi connectivity index (χ1n) is 11.8. The normalized spacial score (nSPS) is 14.8. The van der Waals surface area contributed by atoms with Gasteiger partial charge in [-0.25, -0.2) is 9.97 Å². The van der Waals surface area contributed by atoms with Crippen LogP contribution < -0.4 is 14.8 Å². The highest BCUT2D eigenvalue weighted by atomic mass is 16.5. The van der Waals surface area contributed by atoms with E-state index in [2.05, 4.69) is 47.3 Å². The van der Waals surface area contributed by atoms with E-state index in [0.717, 1.165) is 60.8 Å². The number of benzene rings is 1. The fraction of sp³-hybridized carbons (Fsp3) is 0.360. The largest absolute Gasteiger partial charge is 0.475 e. The quantitative estimate of drug-likeness (QED) is 0.397. The van der Waals surface area contributed by atoms with E-state index in [4.69, 9.17) is 9.47 Å². The highest BCUT2D eigenvalue weighted by Crippen LogP contribution is 2.32. The first-order valence-corrected chi connectivity index (χ1v) is 11.8. The molecular formula is C25H30N8O2. The molecule has 1 saturated heterocycles. The van der Waals surface area contributed by atoms with Crippen LogP contribution in [0.4, 0.5) is 11.5 Å². The number of hydrogen-bond acceptors (Lipinski definition) is 9. The SMILES string of the molecule is Cc1ccc(Oc2ccc(Nc3ncnc4[nH]nc(OCCN5CCN(C)CC5)c34)cc2C)cn1. The van der Waals surface area contributed by atoms with E-state index in [1.807, 2.05) is 44.2 Å². The Bertz CT molecular complexity index is 1280. The van der Waals surface area contributed by atoms with E-state index in [1.54, 1.807) is 6.20 Å². The van der Waals surface area contributed by atoms with Gasteiger partial charge in [0.2, 0.25) is 5.88 Å². The number of pyridine rings is 1. The van der Waals surface area contributed by atoms with Crippen molar-refractivity contribution in [3.05, 3.63) is 54.1 Å². The third kappa shape index (κ3) is 5.50. The number of fused-ring (bicyclic) bond motifs is 1. The van der Waals surface area contributed by atoms with Gasteiger partial charge in [0.15, 0.2) is 5.65 Å². The highest BCUT2D eigenvalue weighted by molar-refractivity contribution is 5.92. The summed E-state index contributed by atoms with van der Waals surface area (Å²) >= 11 is 0. The van der Waals surface area contributed by atoms with E-state index in [-0.39, 0.29) is 0 Å². The van der Waals surface area contributed by atoms with Crippen molar-refractivity contribution in [3.63, 3.8) is 0 Å². The summed E-state index contributed by atoms with van der Waals surface area (Å²) in [6.07, 6.45) is 3.23. The Kier molecular flexibility index (Phi) is 6.73. The zero-order valence-corrected chi connectivity index (χ0v) is 20.3. The summed E-state index contributed by atoms with van der Waals surface area (Å²) in [7, 11) is 2.15. The summed E-state index contributed by atoms with van der Waals surface area (Å²) in [6.45, 7) is 9.63. The minimum absolute atomic E-state index is 0.501. The highest BCUT2D eigenvalue weighted by Gasteiger charge is 2.17. The number of aromatic nitrogens is 5. The molecule has 2 N–H and O–H groups in total. The zero-order chi connectivity index (χ0) is 24.2. The van der Waals surface area contributed by atoms with E-state index >= 15 is 0 Å². The summed E-state index contributed by atoms with van der Waals surface area (Å²) < 4.78 is 12.0. The zero-order valence-electron chi connectivity index (χ0n) is 20.3. The van der Waals surface area contributed by atoms with Gasteiger partial charge in [-0.15, -0.1) is 5.10 Å². The van der Waals surface area contributed by atoms with Crippen molar-refractivity contribution in [3.8, 4) is 17.4 Å². The van der Waals surface area contributed by atoms with Crippen molar-refractivity contribution in [1.82, 2.24) is 34.9 Å². The molecule has 182 valence electrons. The maximum absolute atomic E-state index is 6.04. The molecule has 0 amide bonds. The second kappa shape index (κ2) is 10.2. The molecule has 0 aliphatic carbocycles. The molecule has 0 unspecified atom stereocenters. The average Bonchev–Trinajstić information content (AvgIpc) is 3.27. The van der Waals surface area contributed by atoms with Crippen LogP contribution in [0.2, 0.25) is 0 Å². The van der Waals surface area contributed by atoms with Crippen LogP contribution in [0.25, 0.3) is 11.0 Å². The lowest BCUT2D eigenvalue weighted by atomic mass is 10.2. The van der Waals surface area contributed by atoms with Crippen molar-refractivity contribution in [2.24, 2.45) is 0 Å². The van der Waals surface area contributed by atoms with Gasteiger partial charge in [0.05, 0.1) is 6.20 Å². The van der Waals surface area contributed by atoms with Gasteiger partial charge < -0.3 is 19.7 Å². The number of nitrogens with one attached hydrogen (secondary N) is 2. The van der Waals surface area contributed by atoms with Gasteiger partial charge in [0.25, 0.3) is 0 Å². The van der Waals surface area contributed by atoms with Crippen molar-refractivity contribution < 1.29 is 9.47 Å². The molecule has 0 bridgehead atoms. The van der Waals surface area contributed by atoms with E-state index in [9.17, 15) is 0 Å². The van der Waals surface area contributed by atoms with Crippen molar-refractivity contribution in [1.29, 1.82) is 0 Å². The first kappa shape index (κ1) is 23.0. The van der Waals surface area contributed by atoms with E-state index in [1.165, 1.54) is 6.33 Å². The van der Waals surface area contributed by atoms with Gasteiger partial charge in [-0.2, -0.15) is 0 Å². The Morgan fingerprint density at radius 3 is 2.66 bits per heavy atom. The summed E-state index contributed by atoms with van der Waals surface area (Å²) in [4.78, 5) is 17.8. The second-order valence-electron chi connectivity index (χ2n) is 8.81. The van der Waals surface area contributed by atoms with Crippen LogP contribution in [0.3, 0.4) is 0 Å². The molecule has 1 aromatic carbocycles. The number of rotatable bonds is 8. The van der Waals surface area contributed by atoms with E-state index < -0.39 is 0 Å². The number of aromatic amines is 1. The molecule has 10 nitrogen and oxygen atoms in total. The summed E-state index contributed by atoms with van der Waals surface area (Å²) in [5, 5.41) is 11.4. The number of likely N-dealkylation sites (N-methyl/N-ethyl adjacent to an activating group) is 1. The summed E-state index contributed by atoms with van der Waals surface area (Å²) in [6, 6.07) is 9.73. The van der Waals surface area contributed by atoms with E-state index in [0.29, 0.717) is 29.7 Å². The molecule has 10 heteroatoms. The molecule has 5 rings (SSSR count). The monoisotopic (exact) mass is 474 g/mol. The van der Waals surface area contributed by atoms with Crippen LogP contribution in [0, 0.1) is 13.8 Å². The van der Waals surface area contributed by atoms with Gasteiger partial charge in [-0.05, 0) is 56.8 Å². The number of ether oxygens (including phenoxy) is 2. The molecule has 0 saturated carbocycles. The maximum Gasteiger partial charge on any atom is 0.246 e. The Hall–Kier alpha value is -3.76. The lowest BCUT2D eigenvalue weighted by molar-refractivity contribution is 0.133. The Balaban J connectivity index is 1.28. The van der Waals surface area contributed by atoms with Crippen LogP contribution in [-0.4, -0.2) is 81.3 Å². The molecule has 4 aromatic rings. The molecule has 0 spiro atoms. The smallest absolute Gasteiger partial charge is 0.246 e. The molecule has 1 aliphatic heterocycles. The van der Waals surface area contributed by atoms with Crippen molar-refractivity contribution in [2.75, 3.05) is 51.7 Å². The van der Waals surface area contributed by atoms with Crippen molar-refractivity contribution in [2.45, 2.75) is 13.8 Å². The van der Waals surface area contributed by atoms with Gasteiger partial charge in [-0.1, -0.05) is 0 Å². The minimum Gasteiger partial charge on any atom is -0.475 e. The number of H-pyrrole nitrogens is 1. The minimum atomic E-state index is 0.501. The fourth-order valence-corrected chi connectivity index (χ4v) is 3.99. The maximum atomic E-state index is 6.04. The number of nitrogens with zero attached hydrogens (tertiary/aromatic N) is 6. The third-order valence-electron chi connectivity index (χ3n) is 6.12. The lowest BCUT2D eigenvalue weighted by Crippen LogP contribution is -2.45. The predicted octanol–water partition coefficient (Wildman–Crippen LogP) is 3.53. The summed E-state index contributed by atoms with van der Waals surface area (Å²) in [5.74, 6) is 2.61. The predicted molar refractivity (Wildman–Crippen MR) is 135 cm³/mol. The molecule has 1 aliphatic rings. The molecule has 0 radical (unpaired) electrons. The molecule has 35 heavy (non-hydrogen) atoms. The molecular weight excluding hydrogens is 444 g/mol. The van der Waals surface area contributed by atoms with Crippen LogP contribution in [0.5, 0.6) is 17.4 Å². The van der Waals surface area contributed by atoms with Gasteiger partial charge >= 0.3 is 0 Å². The lowest BCUT2D eigenvalue weighted by Gasteiger charge is -2.32. The fourth-order valence-electron chi connectivity index (χ4n) is 3.99. The third-order valence-corrected chi connectivity index (χ3v) is 6.12. The molecule has 3 aromatic heterocycles. The average molecular weight is 475 g/mol. The number of piperazine rings is 1. The number of aryl methyl sites for hydroxylation is 2. The summed E-state index contributed by atoms with van der Waals surface area (Å²) in [5.41, 5.74) is 3.44. The van der Waals surface area contributed by atoms with Crippen molar-refractivity contribution >= 4 is 22.5 Å². The standard InChI is InChI=1S/C25H30N8O2/c1-17-14-19(5-7-21(17)35-20-6-4-18(2)26-15-20)29-23-22-24(28-16-27-23)30-31-25(22)34-13-12-33-10-8-32(3)9-11-33/h4-7,14-16H,8-13H2,1-3H3,(H2,27,28,29,30,31). The Morgan fingerprint density at radius 1 is 1.03 bits per heavy atom. The van der Waals surface area contributed by atoms with Crippen LogP contribution in [-0.2, 0) is 0 Å². The van der Waals surface area contributed by atoms with Crippen LogP contribution >= 0.6 is 0 Å². The second-order valence-corrected chi connectivity index (χ2v) is 8.81. The first-order chi connectivity index (χ1) is 17.0. The van der Waals surface area contributed by atoms with Gasteiger partial charge in [-0.3, -0.25) is 15.0 Å². The Labute approximate surface area is 204 Å². The van der Waals surface area contributed by atoms with Gasteiger partial charge in [0, 0.05) is 44.1 Å². The van der Waals surface area contributed by atoms with Crippen LogP contribution in [0.1, 0.15) is 11.3 Å². The topological polar surface area (TPSA) is 104 Å². The molecule has 1 fully saturated rings. The molecule has 4 heterocycles.